The SMILES string of the molecule is CCN(CC(=O)Nc1cc(C(C)(C)C)nn1-c1ccccc1Cl)C(=O)Nc1c(C(C)C)cccc1C(C)C. The highest BCUT2D eigenvalue weighted by Gasteiger charge is 2.24. The van der Waals surface area contributed by atoms with Gasteiger partial charge in [0.05, 0.1) is 16.4 Å². The maximum Gasteiger partial charge on any atom is 0.322 e. The Morgan fingerprint density at radius 2 is 1.58 bits per heavy atom. The lowest BCUT2D eigenvalue weighted by Crippen LogP contribution is -2.41. The van der Waals surface area contributed by atoms with Gasteiger partial charge in [-0.25, -0.2) is 9.48 Å². The molecule has 3 rings (SSSR count). The zero-order chi connectivity index (χ0) is 28.2. The maximum atomic E-state index is 13.3. The van der Waals surface area contributed by atoms with E-state index in [9.17, 15) is 9.59 Å². The van der Waals surface area contributed by atoms with Crippen LogP contribution in [0.25, 0.3) is 5.69 Å². The van der Waals surface area contributed by atoms with E-state index in [1.54, 1.807) is 10.7 Å². The first-order valence-corrected chi connectivity index (χ1v) is 13.5. The number of nitrogens with zero attached hydrogens (tertiary/aromatic N) is 3. The molecule has 0 spiro atoms. The average molecular weight is 538 g/mol. The molecule has 0 bridgehead atoms. The van der Waals surface area contributed by atoms with Crippen molar-refractivity contribution in [3.8, 4) is 5.69 Å². The minimum absolute atomic E-state index is 0.109. The van der Waals surface area contributed by atoms with Crippen molar-refractivity contribution in [3.05, 3.63) is 70.4 Å². The van der Waals surface area contributed by atoms with Crippen LogP contribution in [0.2, 0.25) is 5.02 Å². The van der Waals surface area contributed by atoms with Crippen LogP contribution in [0.4, 0.5) is 16.3 Å². The van der Waals surface area contributed by atoms with E-state index in [-0.39, 0.29) is 35.7 Å². The molecule has 38 heavy (non-hydrogen) atoms. The van der Waals surface area contributed by atoms with Crippen molar-refractivity contribution in [2.24, 2.45) is 0 Å². The lowest BCUT2D eigenvalue weighted by atomic mass is 9.92. The number of carbonyl (C=O) groups is 2. The smallest absolute Gasteiger partial charge is 0.315 e. The normalized spacial score (nSPS) is 11.7. The zero-order valence-electron chi connectivity index (χ0n) is 23.7. The van der Waals surface area contributed by atoms with E-state index in [0.29, 0.717) is 23.1 Å². The van der Waals surface area contributed by atoms with E-state index >= 15 is 0 Å². The molecule has 0 saturated carbocycles. The predicted molar refractivity (Wildman–Crippen MR) is 157 cm³/mol. The number of aromatic nitrogens is 2. The van der Waals surface area contributed by atoms with Gasteiger partial charge in [0.25, 0.3) is 0 Å². The monoisotopic (exact) mass is 537 g/mol. The summed E-state index contributed by atoms with van der Waals surface area (Å²) in [4.78, 5) is 28.1. The van der Waals surface area contributed by atoms with Crippen molar-refractivity contribution in [2.45, 2.75) is 72.6 Å². The summed E-state index contributed by atoms with van der Waals surface area (Å²) in [6.07, 6.45) is 0. The standard InChI is InChI=1S/C30H40ClN5O2/c1-9-35(29(38)33-28-21(19(2)3)13-12-14-22(28)20(4)5)18-27(37)32-26-17-25(30(6,7)8)34-36(26)24-16-11-10-15-23(24)31/h10-17,19-20H,9,18H2,1-8H3,(H,32,37)(H,33,38). The second-order valence-corrected chi connectivity index (χ2v) is 11.5. The Hall–Kier alpha value is -3.32. The molecule has 0 aliphatic heterocycles. The molecule has 0 aliphatic carbocycles. The summed E-state index contributed by atoms with van der Waals surface area (Å²) in [5, 5.41) is 11.3. The van der Waals surface area contributed by atoms with Crippen LogP contribution in [-0.4, -0.2) is 39.7 Å². The first-order valence-electron chi connectivity index (χ1n) is 13.2. The molecule has 1 aromatic heterocycles. The molecule has 204 valence electrons. The highest BCUT2D eigenvalue weighted by atomic mass is 35.5. The van der Waals surface area contributed by atoms with Gasteiger partial charge in [-0.05, 0) is 42.0 Å². The summed E-state index contributed by atoms with van der Waals surface area (Å²) in [7, 11) is 0. The summed E-state index contributed by atoms with van der Waals surface area (Å²) >= 11 is 6.45. The van der Waals surface area contributed by atoms with Crippen LogP contribution in [0.3, 0.4) is 0 Å². The van der Waals surface area contributed by atoms with E-state index in [1.165, 1.54) is 4.90 Å². The number of urea groups is 1. The van der Waals surface area contributed by atoms with Gasteiger partial charge in [-0.1, -0.05) is 90.4 Å². The largest absolute Gasteiger partial charge is 0.322 e. The summed E-state index contributed by atoms with van der Waals surface area (Å²) in [5.74, 6) is 0.655. The summed E-state index contributed by atoms with van der Waals surface area (Å²) in [6.45, 7) is 16.7. The average Bonchev–Trinajstić information content (AvgIpc) is 3.26. The molecule has 3 amide bonds. The van der Waals surface area contributed by atoms with Gasteiger partial charge in [0, 0.05) is 23.7 Å². The second kappa shape index (κ2) is 12.0. The van der Waals surface area contributed by atoms with Gasteiger partial charge in [0.15, 0.2) is 0 Å². The van der Waals surface area contributed by atoms with Crippen LogP contribution < -0.4 is 10.6 Å². The molecule has 0 unspecified atom stereocenters. The van der Waals surface area contributed by atoms with Crippen molar-refractivity contribution in [3.63, 3.8) is 0 Å². The number of carbonyl (C=O) groups excluding carboxylic acids is 2. The number of para-hydroxylation sites is 2. The van der Waals surface area contributed by atoms with Crippen LogP contribution in [0, 0.1) is 0 Å². The molecule has 0 aliphatic rings. The number of benzene rings is 2. The van der Waals surface area contributed by atoms with E-state index in [4.69, 9.17) is 16.7 Å². The number of halogens is 1. The van der Waals surface area contributed by atoms with E-state index < -0.39 is 0 Å². The molecule has 0 fully saturated rings. The fourth-order valence-electron chi connectivity index (χ4n) is 4.21. The quantitative estimate of drug-likeness (QED) is 0.311. The van der Waals surface area contributed by atoms with E-state index in [1.807, 2.05) is 49.4 Å². The number of nitrogens with one attached hydrogen (secondary N) is 2. The minimum Gasteiger partial charge on any atom is -0.315 e. The molecular formula is C30H40ClN5O2. The van der Waals surface area contributed by atoms with Gasteiger partial charge >= 0.3 is 6.03 Å². The molecule has 8 heteroatoms. The topological polar surface area (TPSA) is 79.3 Å². The third-order valence-corrected chi connectivity index (χ3v) is 6.75. The molecule has 0 atom stereocenters. The molecule has 3 aromatic rings. The molecule has 1 heterocycles. The van der Waals surface area contributed by atoms with Crippen molar-refractivity contribution in [1.29, 1.82) is 0 Å². The van der Waals surface area contributed by atoms with E-state index in [2.05, 4.69) is 59.1 Å². The van der Waals surface area contributed by atoms with Crippen LogP contribution in [0.5, 0.6) is 0 Å². The van der Waals surface area contributed by atoms with Crippen LogP contribution in [0.1, 0.15) is 84.0 Å². The number of amides is 3. The van der Waals surface area contributed by atoms with Crippen LogP contribution >= 0.6 is 11.6 Å². The minimum atomic E-state index is -0.322. The van der Waals surface area contributed by atoms with Gasteiger partial charge in [0.1, 0.15) is 12.4 Å². The Morgan fingerprint density at radius 1 is 0.974 bits per heavy atom. The van der Waals surface area contributed by atoms with Crippen LogP contribution in [-0.2, 0) is 10.2 Å². The first-order chi connectivity index (χ1) is 17.8. The Labute approximate surface area is 231 Å². The van der Waals surface area contributed by atoms with Gasteiger partial charge < -0.3 is 15.5 Å². The van der Waals surface area contributed by atoms with Gasteiger partial charge in [0.2, 0.25) is 5.91 Å². The number of hydrogen-bond donors (Lipinski definition) is 2. The second-order valence-electron chi connectivity index (χ2n) is 11.1. The Balaban J connectivity index is 1.84. The Bertz CT molecular complexity index is 1260. The van der Waals surface area contributed by atoms with Gasteiger partial charge in [-0.3, -0.25) is 4.79 Å². The molecular weight excluding hydrogens is 498 g/mol. The first kappa shape index (κ1) is 29.2. The molecule has 0 saturated heterocycles. The zero-order valence-corrected chi connectivity index (χ0v) is 24.5. The summed E-state index contributed by atoms with van der Waals surface area (Å²) in [6, 6.07) is 15.0. The Kier molecular flexibility index (Phi) is 9.26. The molecule has 7 nitrogen and oxygen atoms in total. The highest BCUT2D eigenvalue weighted by Crippen LogP contribution is 2.33. The number of anilines is 2. The van der Waals surface area contributed by atoms with Crippen molar-refractivity contribution >= 4 is 35.0 Å². The molecule has 0 radical (unpaired) electrons. The summed E-state index contributed by atoms with van der Waals surface area (Å²) < 4.78 is 1.64. The molecule has 2 aromatic carbocycles. The maximum absolute atomic E-state index is 13.3. The van der Waals surface area contributed by atoms with Gasteiger partial charge in [-0.2, -0.15) is 5.10 Å². The fraction of sp³-hybridized carbons (Fsp3) is 0.433. The van der Waals surface area contributed by atoms with Crippen LogP contribution in [0.15, 0.2) is 48.5 Å². The number of likely N-dealkylation sites (N-methyl/N-ethyl adjacent to an activating group) is 1. The van der Waals surface area contributed by atoms with Gasteiger partial charge in [-0.15, -0.1) is 0 Å². The Morgan fingerprint density at radius 3 is 2.11 bits per heavy atom. The van der Waals surface area contributed by atoms with Crippen molar-refractivity contribution < 1.29 is 9.59 Å². The third kappa shape index (κ3) is 6.76. The highest BCUT2D eigenvalue weighted by molar-refractivity contribution is 6.32. The lowest BCUT2D eigenvalue weighted by molar-refractivity contribution is -0.116. The number of hydrogen-bond acceptors (Lipinski definition) is 3. The molecule has 2 N–H and O–H groups in total. The van der Waals surface area contributed by atoms with Crippen molar-refractivity contribution in [2.75, 3.05) is 23.7 Å². The number of rotatable bonds is 8. The van der Waals surface area contributed by atoms with E-state index in [0.717, 1.165) is 22.5 Å². The fourth-order valence-corrected chi connectivity index (χ4v) is 4.42. The summed E-state index contributed by atoms with van der Waals surface area (Å²) in [5.41, 5.74) is 4.21. The van der Waals surface area contributed by atoms with Crippen molar-refractivity contribution in [1.82, 2.24) is 14.7 Å². The third-order valence-electron chi connectivity index (χ3n) is 6.43. The lowest BCUT2D eigenvalue weighted by Gasteiger charge is -2.25. The predicted octanol–water partition coefficient (Wildman–Crippen LogP) is 7.56.